The zero-order valence-electron chi connectivity index (χ0n) is 11.1. The van der Waals surface area contributed by atoms with Gasteiger partial charge in [0.05, 0.1) is 0 Å². The molecule has 3 nitrogen and oxygen atoms in total. The molecule has 3 heteroatoms. The topological polar surface area (TPSA) is 41.8 Å². The summed E-state index contributed by atoms with van der Waals surface area (Å²) >= 11 is 0. The zero-order chi connectivity index (χ0) is 13.7. The van der Waals surface area contributed by atoms with Crippen molar-refractivity contribution < 1.29 is 9.94 Å². The summed E-state index contributed by atoms with van der Waals surface area (Å²) in [6.45, 7) is 4.24. The smallest absolute Gasteiger partial charge is 0.134 e. The van der Waals surface area contributed by atoms with Gasteiger partial charge in [0, 0.05) is 5.56 Å². The SMILES string of the molecule is Cc1cccc(C)c1OCC(=NO)c1ccccc1. The molecule has 0 aliphatic carbocycles. The standard InChI is InChI=1S/C16H17NO2/c1-12-7-6-8-13(2)16(12)19-11-15(17-18)14-9-4-3-5-10-14/h3-10,18H,11H2,1-2H3. The van der Waals surface area contributed by atoms with Gasteiger partial charge in [-0.2, -0.15) is 0 Å². The summed E-state index contributed by atoms with van der Waals surface area (Å²) in [6, 6.07) is 15.5. The van der Waals surface area contributed by atoms with Crippen molar-refractivity contribution in [2.24, 2.45) is 5.16 Å². The Morgan fingerprint density at radius 2 is 1.63 bits per heavy atom. The van der Waals surface area contributed by atoms with Crippen LogP contribution in [0.15, 0.2) is 53.7 Å². The average Bonchev–Trinajstić information content (AvgIpc) is 2.43. The van der Waals surface area contributed by atoms with E-state index in [1.807, 2.05) is 62.4 Å². The number of ether oxygens (including phenoxy) is 1. The highest BCUT2D eigenvalue weighted by molar-refractivity contribution is 6.01. The number of hydrogen-bond acceptors (Lipinski definition) is 3. The molecule has 0 aliphatic heterocycles. The van der Waals surface area contributed by atoms with Crippen LogP contribution in [0.2, 0.25) is 0 Å². The predicted molar refractivity (Wildman–Crippen MR) is 76.2 cm³/mol. The molecule has 2 aromatic rings. The van der Waals surface area contributed by atoms with Crippen LogP contribution in [0, 0.1) is 13.8 Å². The highest BCUT2D eigenvalue weighted by atomic mass is 16.5. The van der Waals surface area contributed by atoms with Gasteiger partial charge in [0.25, 0.3) is 0 Å². The first kappa shape index (κ1) is 13.1. The highest BCUT2D eigenvalue weighted by Crippen LogP contribution is 2.22. The van der Waals surface area contributed by atoms with E-state index in [-0.39, 0.29) is 6.61 Å². The first-order valence-electron chi connectivity index (χ1n) is 6.17. The molecule has 0 saturated carbocycles. The molecule has 2 rings (SSSR count). The van der Waals surface area contributed by atoms with Crippen molar-refractivity contribution in [3.05, 3.63) is 65.2 Å². The molecule has 0 spiro atoms. The van der Waals surface area contributed by atoms with E-state index in [1.54, 1.807) is 0 Å². The second kappa shape index (κ2) is 6.05. The molecule has 0 saturated heterocycles. The lowest BCUT2D eigenvalue weighted by Crippen LogP contribution is -2.14. The van der Waals surface area contributed by atoms with E-state index in [9.17, 15) is 0 Å². The maximum atomic E-state index is 9.10. The van der Waals surface area contributed by atoms with Gasteiger partial charge in [-0.25, -0.2) is 0 Å². The quantitative estimate of drug-likeness (QED) is 0.515. The van der Waals surface area contributed by atoms with Crippen LogP contribution in [0.4, 0.5) is 0 Å². The van der Waals surface area contributed by atoms with Crippen LogP contribution in [0.3, 0.4) is 0 Å². The van der Waals surface area contributed by atoms with Gasteiger partial charge in [0.15, 0.2) is 0 Å². The van der Waals surface area contributed by atoms with Crippen LogP contribution in [0.5, 0.6) is 5.75 Å². The number of hydrogen-bond donors (Lipinski definition) is 1. The Kier molecular flexibility index (Phi) is 4.18. The third-order valence-electron chi connectivity index (χ3n) is 2.99. The fourth-order valence-electron chi connectivity index (χ4n) is 1.97. The Hall–Kier alpha value is -2.29. The molecule has 0 aliphatic rings. The molecule has 0 unspecified atom stereocenters. The minimum atomic E-state index is 0.242. The number of nitrogens with zero attached hydrogens (tertiary/aromatic N) is 1. The van der Waals surface area contributed by atoms with Gasteiger partial charge in [-0.15, -0.1) is 0 Å². The first-order valence-corrected chi connectivity index (χ1v) is 6.17. The van der Waals surface area contributed by atoms with Crippen molar-refractivity contribution in [3.8, 4) is 5.75 Å². The van der Waals surface area contributed by atoms with E-state index in [4.69, 9.17) is 9.94 Å². The Morgan fingerprint density at radius 3 is 2.21 bits per heavy atom. The predicted octanol–water partition coefficient (Wildman–Crippen LogP) is 3.56. The second-order valence-electron chi connectivity index (χ2n) is 4.42. The van der Waals surface area contributed by atoms with Gasteiger partial charge in [0.2, 0.25) is 0 Å². The average molecular weight is 255 g/mol. The highest BCUT2D eigenvalue weighted by Gasteiger charge is 2.08. The van der Waals surface area contributed by atoms with Crippen molar-refractivity contribution >= 4 is 5.71 Å². The number of aryl methyl sites for hydroxylation is 2. The molecule has 0 radical (unpaired) electrons. The molecule has 98 valence electrons. The van der Waals surface area contributed by atoms with Gasteiger partial charge in [-0.05, 0) is 25.0 Å². The van der Waals surface area contributed by atoms with Crippen molar-refractivity contribution in [1.29, 1.82) is 0 Å². The minimum absolute atomic E-state index is 0.242. The zero-order valence-corrected chi connectivity index (χ0v) is 11.1. The monoisotopic (exact) mass is 255 g/mol. The van der Waals surface area contributed by atoms with Crippen molar-refractivity contribution in [2.45, 2.75) is 13.8 Å². The summed E-state index contributed by atoms with van der Waals surface area (Å²) < 4.78 is 5.78. The Balaban J connectivity index is 2.14. The van der Waals surface area contributed by atoms with E-state index in [0.29, 0.717) is 5.71 Å². The molecule has 0 atom stereocenters. The Morgan fingerprint density at radius 1 is 1.00 bits per heavy atom. The third kappa shape index (κ3) is 3.13. The fraction of sp³-hybridized carbons (Fsp3) is 0.188. The van der Waals surface area contributed by atoms with Crippen molar-refractivity contribution in [3.63, 3.8) is 0 Å². The van der Waals surface area contributed by atoms with Crippen LogP contribution in [-0.2, 0) is 0 Å². The lowest BCUT2D eigenvalue weighted by Gasteiger charge is -2.12. The largest absolute Gasteiger partial charge is 0.487 e. The molecule has 0 bridgehead atoms. The Bertz CT molecular complexity index is 556. The van der Waals surface area contributed by atoms with E-state index < -0.39 is 0 Å². The van der Waals surface area contributed by atoms with Gasteiger partial charge in [0.1, 0.15) is 18.1 Å². The molecule has 0 aromatic heterocycles. The van der Waals surface area contributed by atoms with Gasteiger partial charge in [-0.1, -0.05) is 53.7 Å². The van der Waals surface area contributed by atoms with Crippen LogP contribution < -0.4 is 4.74 Å². The number of benzene rings is 2. The van der Waals surface area contributed by atoms with E-state index in [1.165, 1.54) is 0 Å². The van der Waals surface area contributed by atoms with Crippen LogP contribution in [0.25, 0.3) is 0 Å². The molecule has 0 amide bonds. The van der Waals surface area contributed by atoms with E-state index in [2.05, 4.69) is 5.16 Å². The van der Waals surface area contributed by atoms with Crippen molar-refractivity contribution in [1.82, 2.24) is 0 Å². The van der Waals surface area contributed by atoms with Crippen LogP contribution in [-0.4, -0.2) is 17.5 Å². The van der Waals surface area contributed by atoms with Gasteiger partial charge in [-0.3, -0.25) is 0 Å². The fourth-order valence-corrected chi connectivity index (χ4v) is 1.97. The summed E-state index contributed by atoms with van der Waals surface area (Å²) in [6.07, 6.45) is 0. The molecular formula is C16H17NO2. The summed E-state index contributed by atoms with van der Waals surface area (Å²) in [5.41, 5.74) is 3.52. The maximum absolute atomic E-state index is 9.10. The molecular weight excluding hydrogens is 238 g/mol. The molecule has 0 heterocycles. The molecule has 19 heavy (non-hydrogen) atoms. The van der Waals surface area contributed by atoms with Crippen LogP contribution in [0.1, 0.15) is 16.7 Å². The van der Waals surface area contributed by atoms with Gasteiger partial charge < -0.3 is 9.94 Å². The summed E-state index contributed by atoms with van der Waals surface area (Å²) in [5.74, 6) is 0.847. The molecule has 2 aromatic carbocycles. The first-order chi connectivity index (χ1) is 9.22. The number of para-hydroxylation sites is 1. The maximum Gasteiger partial charge on any atom is 0.134 e. The summed E-state index contributed by atoms with van der Waals surface area (Å²) in [7, 11) is 0. The number of rotatable bonds is 4. The number of oxime groups is 1. The van der Waals surface area contributed by atoms with Gasteiger partial charge >= 0.3 is 0 Å². The lowest BCUT2D eigenvalue weighted by molar-refractivity contribution is 0.307. The Labute approximate surface area is 113 Å². The minimum Gasteiger partial charge on any atom is -0.487 e. The third-order valence-corrected chi connectivity index (χ3v) is 2.99. The van der Waals surface area contributed by atoms with Crippen LogP contribution >= 0.6 is 0 Å². The van der Waals surface area contributed by atoms with E-state index >= 15 is 0 Å². The summed E-state index contributed by atoms with van der Waals surface area (Å²) in [5, 5.41) is 12.4. The lowest BCUT2D eigenvalue weighted by atomic mass is 10.1. The summed E-state index contributed by atoms with van der Waals surface area (Å²) in [4.78, 5) is 0. The normalized spacial score (nSPS) is 11.4. The molecule has 0 fully saturated rings. The second-order valence-corrected chi connectivity index (χ2v) is 4.42. The van der Waals surface area contributed by atoms with Crippen molar-refractivity contribution in [2.75, 3.05) is 6.61 Å². The van der Waals surface area contributed by atoms with E-state index in [0.717, 1.165) is 22.4 Å². The molecule has 1 N–H and O–H groups in total.